The fourth-order valence-electron chi connectivity index (χ4n) is 2.75. The van der Waals surface area contributed by atoms with E-state index in [1.807, 2.05) is 0 Å². The van der Waals surface area contributed by atoms with Gasteiger partial charge in [-0.15, -0.1) is 0 Å². The van der Waals surface area contributed by atoms with Crippen molar-refractivity contribution in [1.29, 1.82) is 0 Å². The molecule has 116 valence electrons. The van der Waals surface area contributed by atoms with Crippen LogP contribution in [0, 0.1) is 0 Å². The van der Waals surface area contributed by atoms with Crippen LogP contribution in [0.2, 0.25) is 0 Å². The minimum Gasteiger partial charge on any atom is -0.399 e. The van der Waals surface area contributed by atoms with E-state index in [0.717, 1.165) is 0 Å². The van der Waals surface area contributed by atoms with E-state index < -0.39 is 6.10 Å². The number of aromatic nitrogens is 2. The number of hydrogen-bond acceptors (Lipinski definition) is 6. The minimum atomic E-state index is -0.504. The second-order valence-corrected chi connectivity index (χ2v) is 5.61. The van der Waals surface area contributed by atoms with E-state index in [4.69, 9.17) is 5.73 Å². The van der Waals surface area contributed by atoms with Gasteiger partial charge < -0.3 is 16.2 Å². The SMILES string of the molecule is Nc1ccc2ncn(CC(=O)C[C@@H]3NCC[C@H]3O)c(=O)c2c1. The number of anilines is 1. The number of hydrogen-bond donors (Lipinski definition) is 3. The third-order valence-electron chi connectivity index (χ3n) is 3.95. The molecule has 0 unspecified atom stereocenters. The van der Waals surface area contributed by atoms with Crippen LogP contribution in [-0.2, 0) is 11.3 Å². The van der Waals surface area contributed by atoms with E-state index in [-0.39, 0.29) is 30.3 Å². The van der Waals surface area contributed by atoms with E-state index in [1.54, 1.807) is 18.2 Å². The van der Waals surface area contributed by atoms with Crippen LogP contribution in [0.3, 0.4) is 0 Å². The highest BCUT2D eigenvalue weighted by Crippen LogP contribution is 2.12. The first-order valence-electron chi connectivity index (χ1n) is 7.22. The van der Waals surface area contributed by atoms with Crippen molar-refractivity contribution in [3.63, 3.8) is 0 Å². The summed E-state index contributed by atoms with van der Waals surface area (Å²) >= 11 is 0. The van der Waals surface area contributed by atoms with Crippen molar-refractivity contribution in [2.24, 2.45) is 0 Å². The molecule has 7 heteroatoms. The molecule has 3 rings (SSSR count). The van der Waals surface area contributed by atoms with Crippen LogP contribution >= 0.6 is 0 Å². The number of carbonyl (C=O) groups is 1. The normalized spacial score (nSPS) is 21.3. The van der Waals surface area contributed by atoms with Crippen LogP contribution in [0.4, 0.5) is 5.69 Å². The fraction of sp³-hybridized carbons (Fsp3) is 0.400. The summed E-state index contributed by atoms with van der Waals surface area (Å²) in [6.45, 7) is 0.650. The summed E-state index contributed by atoms with van der Waals surface area (Å²) in [7, 11) is 0. The molecule has 4 N–H and O–H groups in total. The Hall–Kier alpha value is -2.25. The number of nitrogens with two attached hydrogens (primary N) is 1. The molecule has 1 aliphatic rings. The predicted octanol–water partition coefficient (Wildman–Crippen LogP) is -0.339. The average molecular weight is 302 g/mol. The maximum atomic E-state index is 12.4. The topological polar surface area (TPSA) is 110 Å². The number of nitrogens with zero attached hydrogens (tertiary/aromatic N) is 2. The number of fused-ring (bicyclic) bond motifs is 1. The Morgan fingerprint density at radius 1 is 1.50 bits per heavy atom. The second kappa shape index (κ2) is 5.86. The van der Waals surface area contributed by atoms with Crippen LogP contribution in [0.25, 0.3) is 10.9 Å². The van der Waals surface area contributed by atoms with Crippen LogP contribution in [-0.4, -0.2) is 39.1 Å². The molecule has 0 amide bonds. The number of benzene rings is 1. The van der Waals surface area contributed by atoms with Gasteiger partial charge in [0.15, 0.2) is 5.78 Å². The van der Waals surface area contributed by atoms with Crippen LogP contribution in [0.15, 0.2) is 29.3 Å². The molecule has 2 heterocycles. The molecule has 2 atom stereocenters. The largest absolute Gasteiger partial charge is 0.399 e. The van der Waals surface area contributed by atoms with Gasteiger partial charge in [-0.25, -0.2) is 4.98 Å². The van der Waals surface area contributed by atoms with Crippen molar-refractivity contribution in [2.75, 3.05) is 12.3 Å². The van der Waals surface area contributed by atoms with Crippen molar-refractivity contribution in [2.45, 2.75) is 31.5 Å². The van der Waals surface area contributed by atoms with Crippen molar-refractivity contribution >= 4 is 22.4 Å². The third kappa shape index (κ3) is 2.86. The smallest absolute Gasteiger partial charge is 0.261 e. The lowest BCUT2D eigenvalue weighted by Gasteiger charge is -2.14. The van der Waals surface area contributed by atoms with Gasteiger partial charge in [0, 0.05) is 18.2 Å². The van der Waals surface area contributed by atoms with Gasteiger partial charge in [0.1, 0.15) is 0 Å². The van der Waals surface area contributed by atoms with Crippen molar-refractivity contribution < 1.29 is 9.90 Å². The summed E-state index contributed by atoms with van der Waals surface area (Å²) in [5, 5.41) is 13.2. The summed E-state index contributed by atoms with van der Waals surface area (Å²) in [6, 6.07) is 4.69. The van der Waals surface area contributed by atoms with Gasteiger partial charge in [0.2, 0.25) is 0 Å². The Morgan fingerprint density at radius 3 is 3.05 bits per heavy atom. The molecule has 1 aromatic carbocycles. The molecule has 1 saturated heterocycles. The third-order valence-corrected chi connectivity index (χ3v) is 3.95. The zero-order valence-corrected chi connectivity index (χ0v) is 12.0. The first kappa shape index (κ1) is 14.7. The number of carbonyl (C=O) groups excluding carboxylic acids is 1. The molecule has 7 nitrogen and oxygen atoms in total. The molecular weight excluding hydrogens is 284 g/mol. The van der Waals surface area contributed by atoms with Crippen molar-refractivity contribution in [3.05, 3.63) is 34.9 Å². The number of aliphatic hydroxyl groups is 1. The molecule has 0 bridgehead atoms. The zero-order valence-electron chi connectivity index (χ0n) is 12.0. The number of nitrogen functional groups attached to an aromatic ring is 1. The highest BCUT2D eigenvalue weighted by molar-refractivity contribution is 5.82. The lowest BCUT2D eigenvalue weighted by molar-refractivity contribution is -0.120. The summed E-state index contributed by atoms with van der Waals surface area (Å²) in [4.78, 5) is 28.6. The van der Waals surface area contributed by atoms with Crippen LogP contribution < -0.4 is 16.6 Å². The van der Waals surface area contributed by atoms with Gasteiger partial charge in [-0.1, -0.05) is 0 Å². The molecule has 1 fully saturated rings. The van der Waals surface area contributed by atoms with Gasteiger partial charge in [-0.3, -0.25) is 14.2 Å². The van der Waals surface area contributed by atoms with E-state index in [2.05, 4.69) is 10.3 Å². The summed E-state index contributed by atoms with van der Waals surface area (Å²) in [6.07, 6.45) is 1.71. The van der Waals surface area contributed by atoms with Gasteiger partial charge in [0.25, 0.3) is 5.56 Å². The van der Waals surface area contributed by atoms with E-state index in [1.165, 1.54) is 10.9 Å². The van der Waals surface area contributed by atoms with Crippen molar-refractivity contribution in [1.82, 2.24) is 14.9 Å². The second-order valence-electron chi connectivity index (χ2n) is 5.61. The Morgan fingerprint density at radius 2 is 2.32 bits per heavy atom. The van der Waals surface area contributed by atoms with Crippen molar-refractivity contribution in [3.8, 4) is 0 Å². The minimum absolute atomic E-state index is 0.0541. The van der Waals surface area contributed by atoms with Crippen LogP contribution in [0.5, 0.6) is 0 Å². The highest BCUT2D eigenvalue weighted by atomic mass is 16.3. The molecule has 1 aliphatic heterocycles. The maximum absolute atomic E-state index is 12.4. The number of nitrogens with one attached hydrogen (secondary N) is 1. The molecule has 2 aromatic rings. The standard InChI is InChI=1S/C15H18N4O3/c16-9-1-2-12-11(5-9)15(22)19(8-18-12)7-10(20)6-13-14(21)3-4-17-13/h1-2,5,8,13-14,17,21H,3-4,6-7,16H2/t13-,14+/m0/s1. The van der Waals surface area contributed by atoms with Gasteiger partial charge in [0.05, 0.1) is 29.9 Å². The fourth-order valence-corrected chi connectivity index (χ4v) is 2.75. The Bertz CT molecular complexity index is 771. The van der Waals surface area contributed by atoms with Gasteiger partial charge >= 0.3 is 0 Å². The van der Waals surface area contributed by atoms with E-state index in [0.29, 0.717) is 29.6 Å². The number of aliphatic hydroxyl groups excluding tert-OH is 1. The first-order valence-corrected chi connectivity index (χ1v) is 7.22. The predicted molar refractivity (Wildman–Crippen MR) is 82.5 cm³/mol. The average Bonchev–Trinajstić information content (AvgIpc) is 2.88. The molecule has 0 saturated carbocycles. The summed E-state index contributed by atoms with van der Waals surface area (Å²) < 4.78 is 1.28. The Balaban J connectivity index is 1.80. The van der Waals surface area contributed by atoms with E-state index in [9.17, 15) is 14.7 Å². The molecule has 1 aromatic heterocycles. The maximum Gasteiger partial charge on any atom is 0.261 e. The number of ketones is 1. The molecular formula is C15H18N4O3. The number of Topliss-reactive ketones (excluding diaryl/α,β-unsaturated/α-hetero) is 1. The summed E-state index contributed by atoms with van der Waals surface area (Å²) in [5.74, 6) is -0.120. The van der Waals surface area contributed by atoms with Crippen LogP contribution in [0.1, 0.15) is 12.8 Å². The molecule has 0 spiro atoms. The Labute approximate surface area is 126 Å². The lowest BCUT2D eigenvalue weighted by Crippen LogP contribution is -2.34. The lowest BCUT2D eigenvalue weighted by atomic mass is 10.1. The molecule has 0 radical (unpaired) electrons. The first-order chi connectivity index (χ1) is 10.5. The molecule has 22 heavy (non-hydrogen) atoms. The monoisotopic (exact) mass is 302 g/mol. The Kier molecular flexibility index (Phi) is 3.91. The summed E-state index contributed by atoms with van der Waals surface area (Å²) in [5.41, 5.74) is 6.43. The quantitative estimate of drug-likeness (QED) is 0.667. The molecule has 0 aliphatic carbocycles. The van der Waals surface area contributed by atoms with Gasteiger partial charge in [-0.05, 0) is 31.2 Å². The zero-order chi connectivity index (χ0) is 15.7. The van der Waals surface area contributed by atoms with Gasteiger partial charge in [-0.2, -0.15) is 0 Å². The van der Waals surface area contributed by atoms with E-state index >= 15 is 0 Å². The highest BCUT2D eigenvalue weighted by Gasteiger charge is 2.26. The number of rotatable bonds is 4.